The molecule has 88 valence electrons. The second-order valence-electron chi connectivity index (χ2n) is 3.39. The zero-order valence-corrected chi connectivity index (χ0v) is 9.93. The number of benzene rings is 1. The van der Waals surface area contributed by atoms with Gasteiger partial charge < -0.3 is 9.84 Å². The van der Waals surface area contributed by atoms with Crippen LogP contribution in [-0.4, -0.2) is 22.2 Å². The number of halogens is 1. The molecule has 1 N–H and O–H groups in total. The molecule has 0 bridgehead atoms. The SMILES string of the molecule is COc1cccc(Cl)c1C(O)c1cnccn1. The maximum absolute atomic E-state index is 10.2. The van der Waals surface area contributed by atoms with E-state index in [0.29, 0.717) is 22.0 Å². The summed E-state index contributed by atoms with van der Waals surface area (Å²) in [6, 6.07) is 5.19. The normalized spacial score (nSPS) is 12.2. The van der Waals surface area contributed by atoms with Gasteiger partial charge in [0, 0.05) is 18.0 Å². The predicted molar refractivity (Wildman–Crippen MR) is 64.1 cm³/mol. The molecular formula is C12H11ClN2O2. The van der Waals surface area contributed by atoms with Crippen LogP contribution in [0.5, 0.6) is 5.75 Å². The molecule has 0 amide bonds. The minimum Gasteiger partial charge on any atom is -0.496 e. The Morgan fingerprint density at radius 3 is 2.82 bits per heavy atom. The summed E-state index contributed by atoms with van der Waals surface area (Å²) in [6.45, 7) is 0. The lowest BCUT2D eigenvalue weighted by atomic mass is 10.1. The van der Waals surface area contributed by atoms with Crippen LogP contribution in [0.3, 0.4) is 0 Å². The fourth-order valence-electron chi connectivity index (χ4n) is 1.56. The molecule has 0 radical (unpaired) electrons. The average molecular weight is 251 g/mol. The molecule has 0 aliphatic heterocycles. The first-order valence-electron chi connectivity index (χ1n) is 5.00. The van der Waals surface area contributed by atoms with E-state index in [1.54, 1.807) is 24.4 Å². The van der Waals surface area contributed by atoms with Crippen molar-refractivity contribution in [3.8, 4) is 5.75 Å². The summed E-state index contributed by atoms with van der Waals surface area (Å²) >= 11 is 6.06. The van der Waals surface area contributed by atoms with E-state index >= 15 is 0 Å². The van der Waals surface area contributed by atoms with Crippen LogP contribution in [0.4, 0.5) is 0 Å². The molecule has 0 fully saturated rings. The van der Waals surface area contributed by atoms with E-state index in [9.17, 15) is 5.11 Å². The van der Waals surface area contributed by atoms with Crippen molar-refractivity contribution in [3.05, 3.63) is 53.1 Å². The van der Waals surface area contributed by atoms with E-state index in [0.717, 1.165) is 0 Å². The lowest BCUT2D eigenvalue weighted by Crippen LogP contribution is -2.05. The highest BCUT2D eigenvalue weighted by Gasteiger charge is 2.19. The van der Waals surface area contributed by atoms with Crippen LogP contribution in [-0.2, 0) is 0 Å². The van der Waals surface area contributed by atoms with Crippen LogP contribution >= 0.6 is 11.6 Å². The van der Waals surface area contributed by atoms with Crippen molar-refractivity contribution in [2.45, 2.75) is 6.10 Å². The Morgan fingerprint density at radius 2 is 2.18 bits per heavy atom. The van der Waals surface area contributed by atoms with Crippen molar-refractivity contribution in [2.24, 2.45) is 0 Å². The van der Waals surface area contributed by atoms with Crippen molar-refractivity contribution in [3.63, 3.8) is 0 Å². The Labute approximate surface area is 104 Å². The quantitative estimate of drug-likeness (QED) is 0.908. The van der Waals surface area contributed by atoms with Gasteiger partial charge in [0.2, 0.25) is 0 Å². The Morgan fingerprint density at radius 1 is 1.35 bits per heavy atom. The second-order valence-corrected chi connectivity index (χ2v) is 3.80. The topological polar surface area (TPSA) is 55.2 Å². The van der Waals surface area contributed by atoms with Crippen molar-refractivity contribution >= 4 is 11.6 Å². The highest BCUT2D eigenvalue weighted by atomic mass is 35.5. The first-order chi connectivity index (χ1) is 8.24. The van der Waals surface area contributed by atoms with Gasteiger partial charge in [-0.1, -0.05) is 17.7 Å². The fraction of sp³-hybridized carbons (Fsp3) is 0.167. The number of ether oxygens (including phenoxy) is 1. The van der Waals surface area contributed by atoms with Gasteiger partial charge in [-0.15, -0.1) is 0 Å². The van der Waals surface area contributed by atoms with E-state index in [1.165, 1.54) is 19.5 Å². The first-order valence-corrected chi connectivity index (χ1v) is 5.38. The molecule has 1 unspecified atom stereocenters. The van der Waals surface area contributed by atoms with Crippen LogP contribution in [0.15, 0.2) is 36.8 Å². The van der Waals surface area contributed by atoms with Gasteiger partial charge in [-0.3, -0.25) is 9.97 Å². The fourth-order valence-corrected chi connectivity index (χ4v) is 1.83. The number of aliphatic hydroxyl groups is 1. The molecule has 4 nitrogen and oxygen atoms in total. The van der Waals surface area contributed by atoms with Crippen LogP contribution in [0.1, 0.15) is 17.4 Å². The zero-order chi connectivity index (χ0) is 12.3. The molecule has 17 heavy (non-hydrogen) atoms. The van der Waals surface area contributed by atoms with Crippen molar-refractivity contribution < 1.29 is 9.84 Å². The Bertz CT molecular complexity index is 505. The second kappa shape index (κ2) is 5.12. The third kappa shape index (κ3) is 2.38. The molecule has 5 heteroatoms. The molecular weight excluding hydrogens is 240 g/mol. The Balaban J connectivity index is 2.47. The van der Waals surface area contributed by atoms with Crippen molar-refractivity contribution in [1.29, 1.82) is 0 Å². The van der Waals surface area contributed by atoms with Crippen molar-refractivity contribution in [1.82, 2.24) is 9.97 Å². The number of nitrogens with zero attached hydrogens (tertiary/aromatic N) is 2. The highest BCUT2D eigenvalue weighted by molar-refractivity contribution is 6.31. The van der Waals surface area contributed by atoms with E-state index in [-0.39, 0.29) is 0 Å². The maximum atomic E-state index is 10.2. The van der Waals surface area contributed by atoms with Crippen LogP contribution in [0.2, 0.25) is 5.02 Å². The molecule has 1 aromatic carbocycles. The van der Waals surface area contributed by atoms with Gasteiger partial charge in [-0.2, -0.15) is 0 Å². The lowest BCUT2D eigenvalue weighted by Gasteiger charge is -2.15. The highest BCUT2D eigenvalue weighted by Crippen LogP contribution is 2.34. The summed E-state index contributed by atoms with van der Waals surface area (Å²) in [4.78, 5) is 7.95. The summed E-state index contributed by atoms with van der Waals surface area (Å²) < 4.78 is 5.18. The Hall–Kier alpha value is -1.65. The summed E-state index contributed by atoms with van der Waals surface area (Å²) in [5.74, 6) is 0.524. The number of hydrogen-bond donors (Lipinski definition) is 1. The molecule has 1 heterocycles. The molecule has 1 atom stereocenters. The van der Waals surface area contributed by atoms with Gasteiger partial charge >= 0.3 is 0 Å². The molecule has 0 aliphatic carbocycles. The van der Waals surface area contributed by atoms with Crippen LogP contribution < -0.4 is 4.74 Å². The molecule has 0 saturated heterocycles. The minimum absolute atomic E-state index is 0.430. The molecule has 2 aromatic rings. The number of hydrogen-bond acceptors (Lipinski definition) is 4. The molecule has 0 saturated carbocycles. The number of aromatic nitrogens is 2. The largest absolute Gasteiger partial charge is 0.496 e. The molecule has 1 aromatic heterocycles. The van der Waals surface area contributed by atoms with Gasteiger partial charge in [0.05, 0.1) is 24.0 Å². The van der Waals surface area contributed by atoms with Crippen molar-refractivity contribution in [2.75, 3.05) is 7.11 Å². The molecule has 2 rings (SSSR count). The van der Waals surface area contributed by atoms with Gasteiger partial charge in [-0.25, -0.2) is 0 Å². The van der Waals surface area contributed by atoms with E-state index in [2.05, 4.69) is 9.97 Å². The third-order valence-electron chi connectivity index (χ3n) is 2.37. The van der Waals surface area contributed by atoms with Gasteiger partial charge in [0.25, 0.3) is 0 Å². The molecule has 0 spiro atoms. The monoisotopic (exact) mass is 250 g/mol. The van der Waals surface area contributed by atoms with E-state index < -0.39 is 6.10 Å². The van der Waals surface area contributed by atoms with Crippen LogP contribution in [0, 0.1) is 0 Å². The number of rotatable bonds is 3. The first kappa shape index (κ1) is 11.8. The predicted octanol–water partition coefficient (Wildman–Crippen LogP) is 2.22. The van der Waals surface area contributed by atoms with Gasteiger partial charge in [0.15, 0.2) is 0 Å². The molecule has 0 aliphatic rings. The summed E-state index contributed by atoms with van der Waals surface area (Å²) in [6.07, 6.45) is 3.60. The summed E-state index contributed by atoms with van der Waals surface area (Å²) in [7, 11) is 1.53. The third-order valence-corrected chi connectivity index (χ3v) is 2.70. The zero-order valence-electron chi connectivity index (χ0n) is 9.17. The summed E-state index contributed by atoms with van der Waals surface area (Å²) in [5, 5.41) is 10.7. The minimum atomic E-state index is -0.952. The maximum Gasteiger partial charge on any atom is 0.128 e. The van der Waals surface area contributed by atoms with Gasteiger partial charge in [-0.05, 0) is 12.1 Å². The number of aliphatic hydroxyl groups excluding tert-OH is 1. The average Bonchev–Trinajstić information content (AvgIpc) is 2.38. The van der Waals surface area contributed by atoms with E-state index in [1.807, 2.05) is 0 Å². The standard InChI is InChI=1S/C12H11ClN2O2/c1-17-10-4-2-3-8(13)11(10)12(16)9-7-14-5-6-15-9/h2-7,12,16H,1H3. The number of methoxy groups -OCH3 is 1. The van der Waals surface area contributed by atoms with Crippen LogP contribution in [0.25, 0.3) is 0 Å². The lowest BCUT2D eigenvalue weighted by molar-refractivity contribution is 0.209. The summed E-state index contributed by atoms with van der Waals surface area (Å²) in [5.41, 5.74) is 0.927. The van der Waals surface area contributed by atoms with Gasteiger partial charge in [0.1, 0.15) is 11.9 Å². The Kier molecular flexibility index (Phi) is 3.56. The smallest absolute Gasteiger partial charge is 0.128 e. The van der Waals surface area contributed by atoms with E-state index in [4.69, 9.17) is 16.3 Å².